The summed E-state index contributed by atoms with van der Waals surface area (Å²) in [7, 11) is 0. The van der Waals surface area contributed by atoms with Crippen LogP contribution in [0.3, 0.4) is 0 Å². The van der Waals surface area contributed by atoms with Gasteiger partial charge in [0.15, 0.2) is 0 Å². The van der Waals surface area contributed by atoms with Gasteiger partial charge >= 0.3 is 0 Å². The van der Waals surface area contributed by atoms with Gasteiger partial charge in [0.2, 0.25) is 0 Å². The summed E-state index contributed by atoms with van der Waals surface area (Å²) in [6.07, 6.45) is 17.9. The van der Waals surface area contributed by atoms with Crippen molar-refractivity contribution in [2.75, 3.05) is 0 Å². The molecule has 20 heavy (non-hydrogen) atoms. The lowest BCUT2D eigenvalue weighted by Crippen LogP contribution is -2.19. The van der Waals surface area contributed by atoms with Gasteiger partial charge in [-0.15, -0.1) is 6.58 Å². The van der Waals surface area contributed by atoms with Crippen LogP contribution >= 0.6 is 0 Å². The van der Waals surface area contributed by atoms with Crippen LogP contribution in [0.25, 0.3) is 0 Å². The normalized spacial score (nSPS) is 35.5. The summed E-state index contributed by atoms with van der Waals surface area (Å²) >= 11 is 0. The molecule has 0 spiro atoms. The molecule has 3 aliphatic carbocycles. The van der Waals surface area contributed by atoms with Crippen molar-refractivity contribution in [2.24, 2.45) is 23.7 Å². The second kappa shape index (κ2) is 6.50. The molecule has 3 rings (SSSR count). The molecule has 0 heterocycles. The third-order valence-corrected chi connectivity index (χ3v) is 6.26. The Kier molecular flexibility index (Phi) is 4.68. The summed E-state index contributed by atoms with van der Waals surface area (Å²) < 4.78 is 0. The van der Waals surface area contributed by atoms with Crippen LogP contribution in [-0.4, -0.2) is 0 Å². The highest BCUT2D eigenvalue weighted by atomic mass is 14.5. The van der Waals surface area contributed by atoms with Crippen LogP contribution in [0.5, 0.6) is 0 Å². The summed E-state index contributed by atoms with van der Waals surface area (Å²) in [4.78, 5) is 0. The molecule has 0 aromatic heterocycles. The number of allylic oxidation sites excluding steroid dienone is 3. The molecule has 0 heteroatoms. The SMILES string of the molecule is C=CCCCCCCC1CC2CC1C1=C2CC(C)CC1. The average Bonchev–Trinajstić information content (AvgIpc) is 3.01. The third kappa shape index (κ3) is 2.90. The maximum Gasteiger partial charge on any atom is -0.0166 e. The van der Waals surface area contributed by atoms with Crippen LogP contribution in [0.15, 0.2) is 23.8 Å². The third-order valence-electron chi connectivity index (χ3n) is 6.26. The van der Waals surface area contributed by atoms with E-state index in [1.807, 2.05) is 11.1 Å². The van der Waals surface area contributed by atoms with E-state index in [4.69, 9.17) is 0 Å². The minimum atomic E-state index is 0.969. The highest BCUT2D eigenvalue weighted by molar-refractivity contribution is 5.32. The second-order valence-electron chi connectivity index (χ2n) is 7.71. The van der Waals surface area contributed by atoms with Crippen molar-refractivity contribution >= 4 is 0 Å². The first-order valence-electron chi connectivity index (χ1n) is 9.12. The highest BCUT2D eigenvalue weighted by Crippen LogP contribution is 2.57. The van der Waals surface area contributed by atoms with Gasteiger partial charge in [-0.1, -0.05) is 43.4 Å². The lowest BCUT2D eigenvalue weighted by atomic mass is 9.73. The molecule has 0 aliphatic heterocycles. The zero-order valence-electron chi connectivity index (χ0n) is 13.4. The van der Waals surface area contributed by atoms with Gasteiger partial charge in [-0.3, -0.25) is 0 Å². The van der Waals surface area contributed by atoms with Crippen LogP contribution in [0.4, 0.5) is 0 Å². The van der Waals surface area contributed by atoms with E-state index in [2.05, 4.69) is 19.6 Å². The molecule has 4 unspecified atom stereocenters. The summed E-state index contributed by atoms with van der Waals surface area (Å²) in [6, 6.07) is 0. The molecule has 4 atom stereocenters. The zero-order valence-corrected chi connectivity index (χ0v) is 13.4. The van der Waals surface area contributed by atoms with E-state index < -0.39 is 0 Å². The van der Waals surface area contributed by atoms with Crippen molar-refractivity contribution < 1.29 is 0 Å². The van der Waals surface area contributed by atoms with Crippen LogP contribution in [-0.2, 0) is 0 Å². The number of hydrogen-bond donors (Lipinski definition) is 0. The Balaban J connectivity index is 1.44. The minimum Gasteiger partial charge on any atom is -0.103 e. The van der Waals surface area contributed by atoms with Crippen molar-refractivity contribution in [1.29, 1.82) is 0 Å². The van der Waals surface area contributed by atoms with E-state index in [1.54, 1.807) is 12.8 Å². The number of fused-ring (bicyclic) bond motifs is 4. The predicted molar refractivity (Wildman–Crippen MR) is 87.6 cm³/mol. The fourth-order valence-electron chi connectivity index (χ4n) is 5.23. The van der Waals surface area contributed by atoms with Crippen molar-refractivity contribution in [3.8, 4) is 0 Å². The van der Waals surface area contributed by atoms with Gasteiger partial charge in [0, 0.05) is 0 Å². The Morgan fingerprint density at radius 1 is 1.10 bits per heavy atom. The van der Waals surface area contributed by atoms with Crippen molar-refractivity contribution in [3.05, 3.63) is 23.8 Å². The first-order valence-corrected chi connectivity index (χ1v) is 9.12. The zero-order chi connectivity index (χ0) is 13.9. The average molecular weight is 272 g/mol. The van der Waals surface area contributed by atoms with Gasteiger partial charge in [-0.05, 0) is 75.0 Å². The fraction of sp³-hybridized carbons (Fsp3) is 0.800. The lowest BCUT2D eigenvalue weighted by Gasteiger charge is -2.32. The fourth-order valence-corrected chi connectivity index (χ4v) is 5.23. The smallest absolute Gasteiger partial charge is 0.0166 e. The number of rotatable bonds is 7. The predicted octanol–water partition coefficient (Wildman–Crippen LogP) is 6.29. The monoisotopic (exact) mass is 272 g/mol. The van der Waals surface area contributed by atoms with Gasteiger partial charge in [0.05, 0.1) is 0 Å². The van der Waals surface area contributed by atoms with Gasteiger partial charge in [-0.2, -0.15) is 0 Å². The van der Waals surface area contributed by atoms with Gasteiger partial charge in [0.25, 0.3) is 0 Å². The van der Waals surface area contributed by atoms with Crippen molar-refractivity contribution in [3.63, 3.8) is 0 Å². The van der Waals surface area contributed by atoms with Gasteiger partial charge in [-0.25, -0.2) is 0 Å². The molecule has 112 valence electrons. The van der Waals surface area contributed by atoms with E-state index in [0.717, 1.165) is 23.7 Å². The summed E-state index contributed by atoms with van der Waals surface area (Å²) in [5.41, 5.74) is 3.90. The molecule has 0 amide bonds. The standard InChI is InChI=1S/C20H32/c1-3-4-5-6-7-8-9-16-13-17-14-20(16)18-11-10-15(2)12-19(17)18/h3,15-17,20H,1,4-14H2,2H3. The molecular weight excluding hydrogens is 240 g/mol. The maximum absolute atomic E-state index is 3.81. The van der Waals surface area contributed by atoms with Gasteiger partial charge < -0.3 is 0 Å². The Hall–Kier alpha value is -0.520. The summed E-state index contributed by atoms with van der Waals surface area (Å²) in [5.74, 6) is 4.07. The number of hydrogen-bond acceptors (Lipinski definition) is 0. The minimum absolute atomic E-state index is 0.969. The van der Waals surface area contributed by atoms with Crippen molar-refractivity contribution in [2.45, 2.75) is 77.6 Å². The Labute approximate surface area is 125 Å². The Morgan fingerprint density at radius 3 is 2.80 bits per heavy atom. The molecule has 0 nitrogen and oxygen atoms in total. The molecule has 0 aromatic carbocycles. The first kappa shape index (κ1) is 14.4. The summed E-state index contributed by atoms with van der Waals surface area (Å²) in [5, 5.41) is 0. The van der Waals surface area contributed by atoms with Gasteiger partial charge in [0.1, 0.15) is 0 Å². The Morgan fingerprint density at radius 2 is 1.95 bits per heavy atom. The van der Waals surface area contributed by atoms with Crippen LogP contribution in [0.1, 0.15) is 77.6 Å². The van der Waals surface area contributed by atoms with E-state index in [0.29, 0.717) is 0 Å². The largest absolute Gasteiger partial charge is 0.103 e. The molecule has 0 aromatic rings. The Bertz CT molecular complexity index is 375. The lowest BCUT2D eigenvalue weighted by molar-refractivity contribution is 0.344. The highest BCUT2D eigenvalue weighted by Gasteiger charge is 2.45. The van der Waals surface area contributed by atoms with Crippen molar-refractivity contribution in [1.82, 2.24) is 0 Å². The van der Waals surface area contributed by atoms with Crippen LogP contribution in [0.2, 0.25) is 0 Å². The molecular formula is C20H32. The molecule has 3 aliphatic rings. The van der Waals surface area contributed by atoms with Crippen LogP contribution < -0.4 is 0 Å². The maximum atomic E-state index is 3.81. The molecule has 1 fully saturated rings. The quantitative estimate of drug-likeness (QED) is 0.377. The topological polar surface area (TPSA) is 0 Å². The van der Waals surface area contributed by atoms with Crippen LogP contribution in [0, 0.1) is 23.7 Å². The molecule has 0 radical (unpaired) electrons. The summed E-state index contributed by atoms with van der Waals surface area (Å²) in [6.45, 7) is 6.26. The van der Waals surface area contributed by atoms with E-state index in [-0.39, 0.29) is 0 Å². The van der Waals surface area contributed by atoms with E-state index >= 15 is 0 Å². The molecule has 2 bridgehead atoms. The van der Waals surface area contributed by atoms with E-state index in [1.165, 1.54) is 57.8 Å². The number of unbranched alkanes of at least 4 members (excludes halogenated alkanes) is 4. The molecule has 1 saturated carbocycles. The molecule has 0 N–H and O–H groups in total. The molecule has 0 saturated heterocycles. The van der Waals surface area contributed by atoms with E-state index in [9.17, 15) is 0 Å². The second-order valence-corrected chi connectivity index (χ2v) is 7.71. The first-order chi connectivity index (χ1) is 9.79.